The zero-order chi connectivity index (χ0) is 20.2. The summed E-state index contributed by atoms with van der Waals surface area (Å²) < 4.78 is 3.66. The van der Waals surface area contributed by atoms with Crippen LogP contribution in [0.3, 0.4) is 0 Å². The van der Waals surface area contributed by atoms with Gasteiger partial charge in [-0.2, -0.15) is 5.10 Å². The molecule has 0 aliphatic rings. The lowest BCUT2D eigenvalue weighted by molar-refractivity contribution is 0.0945. The van der Waals surface area contributed by atoms with Gasteiger partial charge in [0.2, 0.25) is 0 Å². The summed E-state index contributed by atoms with van der Waals surface area (Å²) in [5, 5.41) is 7.52. The molecular formula is C22H22N6O. The molecule has 0 bridgehead atoms. The van der Waals surface area contributed by atoms with Gasteiger partial charge in [0.1, 0.15) is 12.1 Å². The summed E-state index contributed by atoms with van der Waals surface area (Å²) in [6, 6.07) is 15.5. The minimum atomic E-state index is -0.220. The number of aromatic nitrogens is 5. The van der Waals surface area contributed by atoms with Crippen LogP contribution in [0, 0.1) is 0 Å². The Bertz CT molecular complexity index is 1100. The molecule has 1 amide bonds. The quantitative estimate of drug-likeness (QED) is 0.550. The molecule has 0 unspecified atom stereocenters. The van der Waals surface area contributed by atoms with Gasteiger partial charge in [-0.1, -0.05) is 38.1 Å². The summed E-state index contributed by atoms with van der Waals surface area (Å²) in [7, 11) is 0. The largest absolute Gasteiger partial charge is 0.346 e. The van der Waals surface area contributed by atoms with E-state index in [0.29, 0.717) is 12.2 Å². The predicted octanol–water partition coefficient (Wildman–Crippen LogP) is 3.51. The van der Waals surface area contributed by atoms with Gasteiger partial charge in [-0.3, -0.25) is 9.36 Å². The highest BCUT2D eigenvalue weighted by Gasteiger charge is 2.18. The van der Waals surface area contributed by atoms with Crippen LogP contribution in [-0.4, -0.2) is 30.2 Å². The zero-order valence-electron chi connectivity index (χ0n) is 16.4. The molecule has 1 N–H and O–H groups in total. The molecule has 146 valence electrons. The topological polar surface area (TPSA) is 77.6 Å². The monoisotopic (exact) mass is 386 g/mol. The van der Waals surface area contributed by atoms with Gasteiger partial charge in [0.05, 0.1) is 5.69 Å². The second-order valence-corrected chi connectivity index (χ2v) is 7.00. The van der Waals surface area contributed by atoms with Gasteiger partial charge in [0.25, 0.3) is 5.91 Å². The van der Waals surface area contributed by atoms with Crippen LogP contribution in [0.2, 0.25) is 0 Å². The zero-order valence-corrected chi connectivity index (χ0v) is 16.4. The highest BCUT2D eigenvalue weighted by molar-refractivity contribution is 5.92. The molecule has 29 heavy (non-hydrogen) atoms. The molecule has 0 atom stereocenters. The lowest BCUT2D eigenvalue weighted by Crippen LogP contribution is -2.24. The minimum Gasteiger partial charge on any atom is -0.346 e. The molecule has 1 aromatic carbocycles. The van der Waals surface area contributed by atoms with Crippen molar-refractivity contribution in [3.8, 4) is 11.5 Å². The molecule has 0 fully saturated rings. The van der Waals surface area contributed by atoms with Crippen molar-refractivity contribution in [3.05, 3.63) is 90.4 Å². The number of benzene rings is 1. The van der Waals surface area contributed by atoms with Crippen molar-refractivity contribution >= 4 is 5.91 Å². The molecule has 7 heteroatoms. The molecule has 3 aromatic heterocycles. The summed E-state index contributed by atoms with van der Waals surface area (Å²) in [6.07, 6.45) is 6.92. The van der Waals surface area contributed by atoms with Crippen LogP contribution in [0.4, 0.5) is 0 Å². The lowest BCUT2D eigenvalue weighted by Gasteiger charge is -2.09. The van der Waals surface area contributed by atoms with Crippen LogP contribution in [0.5, 0.6) is 0 Å². The van der Waals surface area contributed by atoms with Gasteiger partial charge >= 0.3 is 0 Å². The van der Waals surface area contributed by atoms with Crippen LogP contribution >= 0.6 is 0 Å². The smallest absolute Gasteiger partial charge is 0.272 e. The second kappa shape index (κ2) is 8.10. The third-order valence-corrected chi connectivity index (χ3v) is 4.62. The lowest BCUT2D eigenvalue weighted by atomic mass is 10.1. The van der Waals surface area contributed by atoms with Gasteiger partial charge < -0.3 is 5.32 Å². The van der Waals surface area contributed by atoms with E-state index in [-0.39, 0.29) is 11.8 Å². The average Bonchev–Trinajstić information content (AvgIpc) is 3.43. The van der Waals surface area contributed by atoms with Gasteiger partial charge in [0, 0.05) is 36.4 Å². The summed E-state index contributed by atoms with van der Waals surface area (Å²) in [5.74, 6) is 0.750. The Morgan fingerprint density at radius 1 is 1.10 bits per heavy atom. The first-order valence-electron chi connectivity index (χ1n) is 9.49. The van der Waals surface area contributed by atoms with Gasteiger partial charge in [-0.25, -0.2) is 14.6 Å². The Kier molecular flexibility index (Phi) is 5.20. The fraction of sp³-hybridized carbons (Fsp3) is 0.182. The molecular weight excluding hydrogens is 364 g/mol. The number of hydrogen-bond acceptors (Lipinski definition) is 4. The van der Waals surface area contributed by atoms with Crippen molar-refractivity contribution in [3.63, 3.8) is 0 Å². The molecule has 0 aliphatic heterocycles. The van der Waals surface area contributed by atoms with E-state index in [0.717, 1.165) is 22.8 Å². The number of amides is 1. The van der Waals surface area contributed by atoms with Gasteiger partial charge in [0.15, 0.2) is 5.69 Å². The average molecular weight is 386 g/mol. The fourth-order valence-corrected chi connectivity index (χ4v) is 3.14. The summed E-state index contributed by atoms with van der Waals surface area (Å²) in [5.41, 5.74) is 3.21. The maximum Gasteiger partial charge on any atom is 0.272 e. The summed E-state index contributed by atoms with van der Waals surface area (Å²) in [4.78, 5) is 21.3. The fourth-order valence-electron chi connectivity index (χ4n) is 3.14. The number of hydrogen-bond donors (Lipinski definition) is 1. The molecule has 0 saturated carbocycles. The van der Waals surface area contributed by atoms with E-state index >= 15 is 0 Å². The number of imidazole rings is 1. The Hall–Kier alpha value is -3.74. The van der Waals surface area contributed by atoms with E-state index in [4.69, 9.17) is 0 Å². The maximum atomic E-state index is 12.8. The molecule has 0 radical (unpaired) electrons. The van der Waals surface area contributed by atoms with E-state index in [1.165, 1.54) is 0 Å². The molecule has 3 heterocycles. The molecule has 0 spiro atoms. The van der Waals surface area contributed by atoms with E-state index in [9.17, 15) is 4.79 Å². The first-order valence-corrected chi connectivity index (χ1v) is 9.49. The van der Waals surface area contributed by atoms with Crippen LogP contribution in [-0.2, 0) is 6.54 Å². The van der Waals surface area contributed by atoms with E-state index < -0.39 is 0 Å². The van der Waals surface area contributed by atoms with Crippen molar-refractivity contribution in [1.82, 2.24) is 29.6 Å². The normalized spacial score (nSPS) is 11.0. The Morgan fingerprint density at radius 2 is 1.93 bits per heavy atom. The minimum absolute atomic E-state index is 0.220. The van der Waals surface area contributed by atoms with Crippen LogP contribution in [0.25, 0.3) is 11.5 Å². The van der Waals surface area contributed by atoms with E-state index in [1.807, 2.05) is 64.0 Å². The molecule has 4 aromatic rings. The standard InChI is InChI=1S/C22H22N6O/c1-16(2)20-13-19(26-28(20)18-8-4-3-5-9-18)22(29)25-14-17-7-6-10-24-21(17)27-12-11-23-15-27/h3-13,15-16H,14H2,1-2H3,(H,25,29). The molecule has 0 aliphatic carbocycles. The van der Waals surface area contributed by atoms with Gasteiger partial charge in [-0.15, -0.1) is 0 Å². The van der Waals surface area contributed by atoms with Gasteiger partial charge in [-0.05, 0) is 30.2 Å². The molecule has 7 nitrogen and oxygen atoms in total. The van der Waals surface area contributed by atoms with E-state index in [2.05, 4.69) is 34.2 Å². The first-order chi connectivity index (χ1) is 14.1. The molecule has 4 rings (SSSR count). The number of pyridine rings is 1. The predicted molar refractivity (Wildman–Crippen MR) is 110 cm³/mol. The number of para-hydroxylation sites is 1. The number of carbonyl (C=O) groups excluding carboxylic acids is 1. The number of carbonyl (C=O) groups is 1. The number of nitrogens with zero attached hydrogens (tertiary/aromatic N) is 5. The highest BCUT2D eigenvalue weighted by Crippen LogP contribution is 2.20. The third kappa shape index (κ3) is 3.94. The van der Waals surface area contributed by atoms with Crippen molar-refractivity contribution in [1.29, 1.82) is 0 Å². The van der Waals surface area contributed by atoms with E-state index in [1.54, 1.807) is 18.7 Å². The van der Waals surface area contributed by atoms with Crippen LogP contribution in [0.15, 0.2) is 73.4 Å². The maximum absolute atomic E-state index is 12.8. The van der Waals surface area contributed by atoms with Crippen LogP contribution < -0.4 is 5.32 Å². The second-order valence-electron chi connectivity index (χ2n) is 7.00. The Labute approximate surface area is 169 Å². The molecule has 0 saturated heterocycles. The summed E-state index contributed by atoms with van der Waals surface area (Å²) >= 11 is 0. The Balaban J connectivity index is 1.56. The highest BCUT2D eigenvalue weighted by atomic mass is 16.1. The van der Waals surface area contributed by atoms with Crippen LogP contribution in [0.1, 0.15) is 41.5 Å². The number of nitrogens with one attached hydrogen (secondary N) is 1. The van der Waals surface area contributed by atoms with Crippen molar-refractivity contribution < 1.29 is 4.79 Å². The summed E-state index contributed by atoms with van der Waals surface area (Å²) in [6.45, 7) is 4.52. The third-order valence-electron chi connectivity index (χ3n) is 4.62. The van der Waals surface area contributed by atoms with Crippen molar-refractivity contribution in [2.75, 3.05) is 0 Å². The Morgan fingerprint density at radius 3 is 2.66 bits per heavy atom. The number of rotatable bonds is 6. The van der Waals surface area contributed by atoms with Crippen molar-refractivity contribution in [2.24, 2.45) is 0 Å². The first kappa shape index (κ1) is 18.6. The van der Waals surface area contributed by atoms with Crippen molar-refractivity contribution in [2.45, 2.75) is 26.3 Å². The SMILES string of the molecule is CC(C)c1cc(C(=O)NCc2cccnc2-n2ccnc2)nn1-c1ccccc1.